The Morgan fingerprint density at radius 1 is 1.23 bits per heavy atom. The van der Waals surface area contributed by atoms with Crippen LogP contribution < -0.4 is 5.32 Å². The number of hydrogen-bond donors (Lipinski definition) is 1. The molecule has 1 heterocycles. The van der Waals surface area contributed by atoms with Gasteiger partial charge in [0, 0.05) is 32.7 Å². The Labute approximate surface area is 136 Å². The molecule has 2 aliphatic carbocycles. The van der Waals surface area contributed by atoms with Gasteiger partial charge in [-0.05, 0) is 57.5 Å². The molecule has 0 aromatic heterocycles. The highest BCUT2D eigenvalue weighted by Gasteiger charge is 2.40. The van der Waals surface area contributed by atoms with E-state index in [0.29, 0.717) is 11.5 Å². The lowest BCUT2D eigenvalue weighted by Gasteiger charge is -2.34. The summed E-state index contributed by atoms with van der Waals surface area (Å²) in [6.07, 6.45) is 11.3. The van der Waals surface area contributed by atoms with Crippen LogP contribution in [0, 0.1) is 11.3 Å². The smallest absolute Gasteiger partial charge is 0.193 e. The fourth-order valence-corrected chi connectivity index (χ4v) is 4.61. The molecule has 1 atom stereocenters. The SMILES string of the molecule is CN=C(NCC(C1CC1)N(C)C)N1CCC2(CCCCC2)C1. The Morgan fingerprint density at radius 2 is 1.95 bits per heavy atom. The van der Waals surface area contributed by atoms with Gasteiger partial charge in [-0.1, -0.05) is 19.3 Å². The fraction of sp³-hybridized carbons (Fsp3) is 0.944. The molecular formula is C18H34N4. The lowest BCUT2D eigenvalue weighted by molar-refractivity contribution is 0.202. The van der Waals surface area contributed by atoms with Gasteiger partial charge in [-0.25, -0.2) is 0 Å². The summed E-state index contributed by atoms with van der Waals surface area (Å²) in [5, 5.41) is 3.67. The van der Waals surface area contributed by atoms with Gasteiger partial charge in [0.05, 0.1) is 0 Å². The fourth-order valence-electron chi connectivity index (χ4n) is 4.61. The van der Waals surface area contributed by atoms with E-state index in [-0.39, 0.29) is 0 Å². The molecule has 0 bridgehead atoms. The molecule has 1 spiro atoms. The van der Waals surface area contributed by atoms with Crippen molar-refractivity contribution in [1.82, 2.24) is 15.1 Å². The third-order valence-corrected chi connectivity index (χ3v) is 6.16. The van der Waals surface area contributed by atoms with E-state index in [9.17, 15) is 0 Å². The van der Waals surface area contributed by atoms with Crippen LogP contribution in [-0.4, -0.2) is 62.6 Å². The summed E-state index contributed by atoms with van der Waals surface area (Å²) < 4.78 is 0. The number of guanidine groups is 1. The molecule has 0 aromatic rings. The normalized spacial score (nSPS) is 26.7. The van der Waals surface area contributed by atoms with E-state index >= 15 is 0 Å². The number of likely N-dealkylation sites (tertiary alicyclic amines) is 1. The first kappa shape index (κ1) is 16.1. The van der Waals surface area contributed by atoms with Crippen molar-refractivity contribution in [3.8, 4) is 0 Å². The predicted octanol–water partition coefficient (Wildman–Crippen LogP) is 2.56. The Balaban J connectivity index is 1.53. The van der Waals surface area contributed by atoms with Crippen molar-refractivity contribution < 1.29 is 0 Å². The molecule has 3 aliphatic rings. The van der Waals surface area contributed by atoms with Crippen LogP contribution >= 0.6 is 0 Å². The van der Waals surface area contributed by atoms with Crippen molar-refractivity contribution in [2.24, 2.45) is 16.3 Å². The van der Waals surface area contributed by atoms with Crippen LogP contribution in [0.25, 0.3) is 0 Å². The van der Waals surface area contributed by atoms with Crippen molar-refractivity contribution in [1.29, 1.82) is 0 Å². The van der Waals surface area contributed by atoms with Gasteiger partial charge in [-0.2, -0.15) is 0 Å². The van der Waals surface area contributed by atoms with Gasteiger partial charge in [0.25, 0.3) is 0 Å². The predicted molar refractivity (Wildman–Crippen MR) is 93.3 cm³/mol. The maximum atomic E-state index is 4.57. The van der Waals surface area contributed by atoms with Gasteiger partial charge in [0.1, 0.15) is 0 Å². The van der Waals surface area contributed by atoms with Crippen molar-refractivity contribution in [3.63, 3.8) is 0 Å². The van der Waals surface area contributed by atoms with Crippen molar-refractivity contribution >= 4 is 5.96 Å². The highest BCUT2D eigenvalue weighted by atomic mass is 15.3. The second kappa shape index (κ2) is 6.77. The van der Waals surface area contributed by atoms with Crippen LogP contribution in [0.4, 0.5) is 0 Å². The lowest BCUT2D eigenvalue weighted by Crippen LogP contribution is -2.47. The van der Waals surface area contributed by atoms with Crippen molar-refractivity contribution in [2.75, 3.05) is 40.8 Å². The minimum atomic E-state index is 0.604. The molecule has 4 heteroatoms. The van der Waals surface area contributed by atoms with Gasteiger partial charge in [-0.15, -0.1) is 0 Å². The van der Waals surface area contributed by atoms with Crippen LogP contribution in [0.3, 0.4) is 0 Å². The number of likely N-dealkylation sites (N-methyl/N-ethyl adjacent to an activating group) is 1. The van der Waals surface area contributed by atoms with Crippen LogP contribution in [-0.2, 0) is 0 Å². The minimum absolute atomic E-state index is 0.604. The molecule has 0 aromatic carbocycles. The summed E-state index contributed by atoms with van der Waals surface area (Å²) >= 11 is 0. The molecule has 1 saturated heterocycles. The zero-order chi connectivity index (χ0) is 15.6. The number of nitrogens with one attached hydrogen (secondary N) is 1. The van der Waals surface area contributed by atoms with E-state index in [1.807, 2.05) is 7.05 Å². The number of nitrogens with zero attached hydrogens (tertiary/aromatic N) is 3. The van der Waals surface area contributed by atoms with Crippen LogP contribution in [0.2, 0.25) is 0 Å². The number of hydrogen-bond acceptors (Lipinski definition) is 2. The van der Waals surface area contributed by atoms with Gasteiger partial charge < -0.3 is 15.1 Å². The summed E-state index contributed by atoms with van der Waals surface area (Å²) in [6, 6.07) is 0.656. The Morgan fingerprint density at radius 3 is 2.55 bits per heavy atom. The molecule has 0 amide bonds. The zero-order valence-corrected chi connectivity index (χ0v) is 14.8. The molecule has 1 aliphatic heterocycles. The number of rotatable bonds is 4. The summed E-state index contributed by atoms with van der Waals surface area (Å²) in [6.45, 7) is 3.45. The van der Waals surface area contributed by atoms with Crippen LogP contribution in [0.15, 0.2) is 4.99 Å². The average Bonchev–Trinajstić information content (AvgIpc) is 3.27. The summed E-state index contributed by atoms with van der Waals surface area (Å²) in [5.41, 5.74) is 0.604. The van der Waals surface area contributed by atoms with Crippen LogP contribution in [0.1, 0.15) is 51.4 Å². The first-order valence-electron chi connectivity index (χ1n) is 9.26. The second-order valence-electron chi connectivity index (χ2n) is 8.03. The highest BCUT2D eigenvalue weighted by Crippen LogP contribution is 2.43. The van der Waals surface area contributed by atoms with Crippen molar-refractivity contribution in [3.05, 3.63) is 0 Å². The molecule has 126 valence electrons. The average molecular weight is 306 g/mol. The molecule has 2 saturated carbocycles. The maximum absolute atomic E-state index is 4.57. The third-order valence-electron chi connectivity index (χ3n) is 6.16. The largest absolute Gasteiger partial charge is 0.355 e. The molecule has 1 unspecified atom stereocenters. The summed E-state index contributed by atoms with van der Waals surface area (Å²) in [4.78, 5) is 9.47. The van der Waals surface area contributed by atoms with Crippen molar-refractivity contribution in [2.45, 2.75) is 57.4 Å². The topological polar surface area (TPSA) is 30.9 Å². The van der Waals surface area contributed by atoms with E-state index in [4.69, 9.17) is 0 Å². The summed E-state index contributed by atoms with van der Waals surface area (Å²) in [7, 11) is 6.36. The van der Waals surface area contributed by atoms with Gasteiger partial charge >= 0.3 is 0 Å². The quantitative estimate of drug-likeness (QED) is 0.640. The molecule has 3 fully saturated rings. The molecule has 22 heavy (non-hydrogen) atoms. The molecule has 4 nitrogen and oxygen atoms in total. The Kier molecular flexibility index (Phi) is 4.96. The second-order valence-corrected chi connectivity index (χ2v) is 8.03. The zero-order valence-electron chi connectivity index (χ0n) is 14.8. The molecular weight excluding hydrogens is 272 g/mol. The minimum Gasteiger partial charge on any atom is -0.355 e. The molecule has 0 radical (unpaired) electrons. The van der Waals surface area contributed by atoms with Gasteiger partial charge in [0.15, 0.2) is 5.96 Å². The number of aliphatic imine (C=N–C) groups is 1. The first-order valence-corrected chi connectivity index (χ1v) is 9.26. The van der Waals surface area contributed by atoms with E-state index in [1.165, 1.54) is 64.5 Å². The van der Waals surface area contributed by atoms with E-state index in [0.717, 1.165) is 18.4 Å². The Hall–Kier alpha value is -0.770. The molecule has 1 N–H and O–H groups in total. The van der Waals surface area contributed by atoms with E-state index in [1.54, 1.807) is 0 Å². The molecule has 3 rings (SSSR count). The lowest BCUT2D eigenvalue weighted by atomic mass is 9.73. The summed E-state index contributed by atoms with van der Waals surface area (Å²) in [5.74, 6) is 2.03. The van der Waals surface area contributed by atoms with Gasteiger partial charge in [0.2, 0.25) is 0 Å². The van der Waals surface area contributed by atoms with E-state index < -0.39 is 0 Å². The van der Waals surface area contributed by atoms with Gasteiger partial charge in [-0.3, -0.25) is 4.99 Å². The monoisotopic (exact) mass is 306 g/mol. The standard InChI is InChI=1S/C18H34N4/c1-19-17(20-13-16(21(2)3)15-7-8-15)22-12-11-18(14-22)9-5-4-6-10-18/h15-16H,4-14H2,1-3H3,(H,19,20). The highest BCUT2D eigenvalue weighted by molar-refractivity contribution is 5.80. The van der Waals surface area contributed by atoms with E-state index in [2.05, 4.69) is 34.2 Å². The first-order chi connectivity index (χ1) is 10.6. The Bertz CT molecular complexity index is 392. The van der Waals surface area contributed by atoms with Crippen LogP contribution in [0.5, 0.6) is 0 Å². The maximum Gasteiger partial charge on any atom is 0.193 e. The third kappa shape index (κ3) is 3.58.